The van der Waals surface area contributed by atoms with Gasteiger partial charge in [0.25, 0.3) is 0 Å². The summed E-state index contributed by atoms with van der Waals surface area (Å²) in [4.78, 5) is 17.5. The van der Waals surface area contributed by atoms with E-state index in [1.807, 2.05) is 6.07 Å². The number of nitrogens with zero attached hydrogens (tertiary/aromatic N) is 3. The fourth-order valence-corrected chi connectivity index (χ4v) is 5.48. The van der Waals surface area contributed by atoms with Crippen molar-refractivity contribution in [2.24, 2.45) is 0 Å². The summed E-state index contributed by atoms with van der Waals surface area (Å²) in [7, 11) is -4.28. The number of carbonyl (C=O) groups is 1. The molecule has 2 aromatic heterocycles. The van der Waals surface area contributed by atoms with E-state index in [1.54, 1.807) is 17.5 Å². The Kier molecular flexibility index (Phi) is 7.36. The van der Waals surface area contributed by atoms with Crippen molar-refractivity contribution >= 4 is 27.1 Å². The van der Waals surface area contributed by atoms with E-state index in [9.17, 15) is 36.0 Å². The Morgan fingerprint density at radius 2 is 1.95 bits per heavy atom. The minimum atomic E-state index is -4.96. The first-order valence-electron chi connectivity index (χ1n) is 10.8. The van der Waals surface area contributed by atoms with Crippen molar-refractivity contribution < 1.29 is 35.3 Å². The van der Waals surface area contributed by atoms with Crippen molar-refractivity contribution in [1.82, 2.24) is 20.8 Å². The van der Waals surface area contributed by atoms with Crippen LogP contribution in [0.2, 0.25) is 0 Å². The van der Waals surface area contributed by atoms with Gasteiger partial charge in [0.2, 0.25) is 17.6 Å². The molecule has 1 unspecified atom stereocenters. The predicted molar refractivity (Wildman–Crippen MR) is 123 cm³/mol. The van der Waals surface area contributed by atoms with Gasteiger partial charge in [-0.25, -0.2) is 12.8 Å². The van der Waals surface area contributed by atoms with Crippen molar-refractivity contribution in [2.75, 3.05) is 5.75 Å². The molecule has 1 amide bonds. The second-order valence-electron chi connectivity index (χ2n) is 8.47. The lowest BCUT2D eigenvalue weighted by atomic mass is 10.0. The highest BCUT2D eigenvalue weighted by molar-refractivity contribution is 7.90. The third-order valence-corrected chi connectivity index (χ3v) is 7.91. The van der Waals surface area contributed by atoms with Crippen LogP contribution in [0.4, 0.5) is 17.6 Å². The summed E-state index contributed by atoms with van der Waals surface area (Å²) in [6.07, 6.45) is -4.40. The van der Waals surface area contributed by atoms with Crippen molar-refractivity contribution in [3.63, 3.8) is 0 Å². The molecule has 4 rings (SSSR count). The molecule has 1 saturated carbocycles. The third-order valence-electron chi connectivity index (χ3n) is 5.52. The number of alkyl halides is 3. The van der Waals surface area contributed by atoms with E-state index < -0.39 is 62.4 Å². The van der Waals surface area contributed by atoms with E-state index in [-0.39, 0.29) is 24.6 Å². The molecule has 2 N–H and O–H groups in total. The largest absolute Gasteiger partial charge is 0.407 e. The first kappa shape index (κ1) is 26.7. The lowest BCUT2D eigenvalue weighted by Gasteiger charge is -2.28. The quantitative estimate of drug-likeness (QED) is 0.362. The number of hydrogen-bond donors (Lipinski definition) is 2. The Balaban J connectivity index is 1.58. The molecule has 1 fully saturated rings. The highest BCUT2D eigenvalue weighted by atomic mass is 32.2. The number of carbonyl (C=O) groups excluding carboxylic acids is 1. The number of thiophene rings is 1. The molecule has 1 aromatic carbocycles. The molecule has 0 aliphatic heterocycles. The first-order chi connectivity index (χ1) is 17.4. The average Bonchev–Trinajstić information content (AvgIpc) is 3.19. The smallest absolute Gasteiger partial charge is 0.338 e. The number of halogens is 4. The Bertz CT molecular complexity index is 1400. The molecule has 37 heavy (non-hydrogen) atoms. The number of rotatable bonds is 10. The number of sulfone groups is 1. The number of benzene rings is 1. The summed E-state index contributed by atoms with van der Waals surface area (Å²) in [5.41, 5.74) is -1.69. The van der Waals surface area contributed by atoms with Crippen molar-refractivity contribution in [3.8, 4) is 16.8 Å². The molecule has 9 nitrogen and oxygen atoms in total. The van der Waals surface area contributed by atoms with Crippen LogP contribution in [0.3, 0.4) is 0 Å². The van der Waals surface area contributed by atoms with Gasteiger partial charge in [-0.3, -0.25) is 10.1 Å². The van der Waals surface area contributed by atoms with Crippen LogP contribution in [0.5, 0.6) is 0 Å². The zero-order chi connectivity index (χ0) is 26.8. The Morgan fingerprint density at radius 3 is 2.51 bits per heavy atom. The van der Waals surface area contributed by atoms with Crippen LogP contribution in [0.25, 0.3) is 10.7 Å². The summed E-state index contributed by atoms with van der Waals surface area (Å²) in [6, 6.07) is 4.28. The Morgan fingerprint density at radius 1 is 1.24 bits per heavy atom. The van der Waals surface area contributed by atoms with Gasteiger partial charge >= 0.3 is 6.18 Å². The van der Waals surface area contributed by atoms with Crippen molar-refractivity contribution in [3.05, 3.63) is 59.0 Å². The van der Waals surface area contributed by atoms with E-state index >= 15 is 0 Å². The van der Waals surface area contributed by atoms with E-state index in [0.29, 0.717) is 4.88 Å². The van der Waals surface area contributed by atoms with Gasteiger partial charge in [0.15, 0.2) is 9.84 Å². The average molecular weight is 558 g/mol. The Hall–Kier alpha value is -3.35. The van der Waals surface area contributed by atoms with Crippen LogP contribution in [0.15, 0.2) is 46.3 Å². The van der Waals surface area contributed by atoms with E-state index in [0.717, 1.165) is 24.3 Å². The normalized spacial score (nSPS) is 16.5. The molecule has 0 spiro atoms. The molecule has 1 aliphatic rings. The van der Waals surface area contributed by atoms with E-state index in [2.05, 4.69) is 20.8 Å². The van der Waals surface area contributed by atoms with Gasteiger partial charge in [0.05, 0.1) is 16.7 Å². The Labute approximate surface area is 212 Å². The lowest BCUT2D eigenvalue weighted by Crippen LogP contribution is -2.54. The van der Waals surface area contributed by atoms with Crippen LogP contribution in [-0.2, 0) is 20.4 Å². The van der Waals surface area contributed by atoms with Gasteiger partial charge in [0, 0.05) is 0 Å². The second kappa shape index (κ2) is 10.2. The zero-order valence-electron chi connectivity index (χ0n) is 18.8. The number of aromatic nitrogens is 2. The van der Waals surface area contributed by atoms with E-state index in [4.69, 9.17) is 4.52 Å². The molecule has 2 heterocycles. The van der Waals surface area contributed by atoms with E-state index in [1.165, 1.54) is 11.3 Å². The molecular weight excluding hydrogens is 538 g/mol. The summed E-state index contributed by atoms with van der Waals surface area (Å²) in [5.74, 6) is -3.91. The summed E-state index contributed by atoms with van der Waals surface area (Å²) >= 11 is 1.29. The molecule has 0 radical (unpaired) electrons. The maximum absolute atomic E-state index is 13.9. The molecule has 0 saturated heterocycles. The minimum absolute atomic E-state index is 0.144. The van der Waals surface area contributed by atoms with Crippen LogP contribution >= 0.6 is 11.3 Å². The SMILES string of the molecule is N#CC1(NC(=O)C(CS(=O)(=O)Cc2nc(-c3cccs3)no2)N[C@H](c2ccc(F)cc2)C(F)(F)F)CC1. The number of nitrogens with one attached hydrogen (secondary N) is 2. The molecule has 1 aliphatic carbocycles. The monoisotopic (exact) mass is 557 g/mol. The van der Waals surface area contributed by atoms with Crippen molar-refractivity contribution in [2.45, 2.75) is 42.4 Å². The summed E-state index contributed by atoms with van der Waals surface area (Å²) in [6.45, 7) is 0. The maximum Gasteiger partial charge on any atom is 0.407 e. The van der Waals surface area contributed by atoms with Crippen LogP contribution in [0, 0.1) is 17.1 Å². The van der Waals surface area contributed by atoms with Gasteiger partial charge in [-0.1, -0.05) is 23.4 Å². The molecular formula is C22H19F4N5O4S2. The summed E-state index contributed by atoms with van der Waals surface area (Å²) in [5, 5.41) is 19.1. The second-order valence-corrected chi connectivity index (χ2v) is 11.5. The van der Waals surface area contributed by atoms with Gasteiger partial charge in [-0.2, -0.15) is 23.4 Å². The lowest BCUT2D eigenvalue weighted by molar-refractivity contribution is -0.160. The van der Waals surface area contributed by atoms with Crippen LogP contribution in [0.1, 0.15) is 30.3 Å². The highest BCUT2D eigenvalue weighted by Gasteiger charge is 2.48. The molecule has 15 heteroatoms. The molecule has 3 aromatic rings. The topological polar surface area (TPSA) is 138 Å². The number of nitriles is 1. The van der Waals surface area contributed by atoms with Crippen molar-refractivity contribution in [1.29, 1.82) is 5.26 Å². The summed E-state index contributed by atoms with van der Waals surface area (Å²) < 4.78 is 86.0. The van der Waals surface area contributed by atoms with Crippen LogP contribution < -0.4 is 10.6 Å². The van der Waals surface area contributed by atoms with Gasteiger partial charge in [-0.05, 0) is 42.0 Å². The van der Waals surface area contributed by atoms with Gasteiger partial charge in [0.1, 0.15) is 29.2 Å². The maximum atomic E-state index is 13.9. The number of hydrogen-bond acceptors (Lipinski definition) is 9. The highest BCUT2D eigenvalue weighted by Crippen LogP contribution is 2.36. The molecule has 196 valence electrons. The third kappa shape index (κ3) is 6.70. The zero-order valence-corrected chi connectivity index (χ0v) is 20.5. The predicted octanol–water partition coefficient (Wildman–Crippen LogP) is 3.29. The van der Waals surface area contributed by atoms with Gasteiger partial charge < -0.3 is 9.84 Å². The first-order valence-corrected chi connectivity index (χ1v) is 13.5. The van der Waals surface area contributed by atoms with Crippen LogP contribution in [-0.4, -0.2) is 48.0 Å². The molecule has 0 bridgehead atoms. The standard InChI is InChI=1S/C22H19F4N5O4S2/c23-14-5-3-13(4-6-14)18(22(24,25)26)28-15(20(32)30-21(12-27)7-8-21)10-37(33,34)11-17-29-19(31-35-17)16-2-1-9-36-16/h1-6,9,15,18,28H,7-8,10-11H2,(H,30,32)/t15?,18-/m1/s1. The molecule has 2 atom stereocenters. The number of amides is 1. The fourth-order valence-electron chi connectivity index (χ4n) is 3.47. The fraction of sp³-hybridized carbons (Fsp3) is 0.364. The minimum Gasteiger partial charge on any atom is -0.338 e. The van der Waals surface area contributed by atoms with Gasteiger partial charge in [-0.15, -0.1) is 11.3 Å².